The molecule has 1 saturated heterocycles. The van der Waals surface area contributed by atoms with Crippen LogP contribution < -0.4 is 10.6 Å². The lowest BCUT2D eigenvalue weighted by Gasteiger charge is -2.22. The van der Waals surface area contributed by atoms with Crippen LogP contribution in [0.3, 0.4) is 0 Å². The smallest absolute Gasteiger partial charge is 0.324 e. The van der Waals surface area contributed by atoms with Crippen LogP contribution in [0.4, 0.5) is 10.5 Å². The van der Waals surface area contributed by atoms with Crippen molar-refractivity contribution in [1.29, 1.82) is 0 Å². The number of carbonyl (C=O) groups excluding carboxylic acids is 3. The number of benzene rings is 4. The topological polar surface area (TPSA) is 78.5 Å². The lowest BCUT2D eigenvalue weighted by molar-refractivity contribution is -0.133. The molecule has 0 saturated carbocycles. The van der Waals surface area contributed by atoms with E-state index < -0.39 is 23.4 Å². The summed E-state index contributed by atoms with van der Waals surface area (Å²) in [5.41, 5.74) is 0.0739. The minimum atomic E-state index is -1.24. The van der Waals surface area contributed by atoms with Gasteiger partial charge >= 0.3 is 6.03 Å². The maximum absolute atomic E-state index is 13.2. The number of hydrogen-bond acceptors (Lipinski definition) is 3. The number of nitrogens with zero attached hydrogens (tertiary/aromatic N) is 1. The van der Waals surface area contributed by atoms with Crippen molar-refractivity contribution < 1.29 is 14.4 Å². The number of amides is 4. The Balaban J connectivity index is 1.38. The number of imide groups is 1. The van der Waals surface area contributed by atoms with Crippen molar-refractivity contribution in [3.63, 3.8) is 0 Å². The maximum Gasteiger partial charge on any atom is 0.325 e. The standard InChI is InChI=1S/C26H21N3O3/c1-26(20-14-13-17-7-2-3-9-19(17)15-20)24(31)29(25(32)28-26)16-23(30)27-22-12-6-10-18-8-4-5-11-21(18)22/h2-15H,16H2,1H3,(H,27,30)(H,28,32)/t26-/m1/s1. The zero-order valence-electron chi connectivity index (χ0n) is 17.5. The molecule has 1 atom stereocenters. The second kappa shape index (κ2) is 7.50. The Hall–Kier alpha value is -4.19. The molecule has 2 N–H and O–H groups in total. The van der Waals surface area contributed by atoms with Gasteiger partial charge in [0, 0.05) is 11.1 Å². The molecule has 6 heteroatoms. The Morgan fingerprint density at radius 1 is 0.875 bits per heavy atom. The monoisotopic (exact) mass is 423 g/mol. The molecule has 32 heavy (non-hydrogen) atoms. The number of carbonyl (C=O) groups is 3. The van der Waals surface area contributed by atoms with Gasteiger partial charge in [0.05, 0.1) is 0 Å². The predicted octanol–water partition coefficient (Wildman–Crippen LogP) is 4.40. The van der Waals surface area contributed by atoms with Crippen LogP contribution in [0.15, 0.2) is 84.9 Å². The fourth-order valence-electron chi connectivity index (χ4n) is 4.20. The summed E-state index contributed by atoms with van der Waals surface area (Å²) < 4.78 is 0. The first-order valence-electron chi connectivity index (χ1n) is 10.4. The normalized spacial score (nSPS) is 18.2. The van der Waals surface area contributed by atoms with E-state index in [2.05, 4.69) is 10.6 Å². The van der Waals surface area contributed by atoms with Crippen LogP contribution >= 0.6 is 0 Å². The van der Waals surface area contributed by atoms with E-state index >= 15 is 0 Å². The molecule has 0 radical (unpaired) electrons. The molecule has 6 nitrogen and oxygen atoms in total. The third kappa shape index (κ3) is 3.26. The van der Waals surface area contributed by atoms with Gasteiger partial charge in [0.15, 0.2) is 0 Å². The second-order valence-corrected chi connectivity index (χ2v) is 8.08. The second-order valence-electron chi connectivity index (χ2n) is 8.08. The minimum Gasteiger partial charge on any atom is -0.324 e. The van der Waals surface area contributed by atoms with Gasteiger partial charge in [-0.1, -0.05) is 72.8 Å². The highest BCUT2D eigenvalue weighted by Crippen LogP contribution is 2.31. The quantitative estimate of drug-likeness (QED) is 0.478. The Bertz CT molecular complexity index is 1390. The van der Waals surface area contributed by atoms with Crippen molar-refractivity contribution in [2.24, 2.45) is 0 Å². The summed E-state index contributed by atoms with van der Waals surface area (Å²) in [6.07, 6.45) is 0. The first-order chi connectivity index (χ1) is 15.5. The van der Waals surface area contributed by atoms with Gasteiger partial charge in [-0.05, 0) is 40.8 Å². The maximum atomic E-state index is 13.2. The molecule has 0 unspecified atom stereocenters. The van der Waals surface area contributed by atoms with Crippen LogP contribution in [-0.2, 0) is 15.1 Å². The number of fused-ring (bicyclic) bond motifs is 2. The third-order valence-corrected chi connectivity index (χ3v) is 5.97. The summed E-state index contributed by atoms with van der Waals surface area (Å²) in [4.78, 5) is 39.6. The molecule has 0 aliphatic carbocycles. The van der Waals surface area contributed by atoms with E-state index in [9.17, 15) is 14.4 Å². The van der Waals surface area contributed by atoms with Crippen LogP contribution in [0.25, 0.3) is 21.5 Å². The van der Waals surface area contributed by atoms with Crippen LogP contribution in [0.1, 0.15) is 12.5 Å². The first kappa shape index (κ1) is 19.8. The molecule has 158 valence electrons. The Morgan fingerprint density at radius 2 is 1.56 bits per heavy atom. The molecular formula is C26H21N3O3. The van der Waals surface area contributed by atoms with Gasteiger partial charge in [-0.25, -0.2) is 4.79 Å². The minimum absolute atomic E-state index is 0.364. The molecule has 0 aromatic heterocycles. The van der Waals surface area contributed by atoms with Crippen LogP contribution in [-0.4, -0.2) is 29.3 Å². The van der Waals surface area contributed by atoms with Crippen molar-refractivity contribution >= 4 is 45.1 Å². The molecular weight excluding hydrogens is 402 g/mol. The van der Waals surface area contributed by atoms with Crippen molar-refractivity contribution in [3.05, 3.63) is 90.5 Å². The van der Waals surface area contributed by atoms with Crippen LogP contribution in [0, 0.1) is 0 Å². The van der Waals surface area contributed by atoms with Gasteiger partial charge in [-0.15, -0.1) is 0 Å². The van der Waals surface area contributed by atoms with Crippen molar-refractivity contribution in [3.8, 4) is 0 Å². The number of hydrogen-bond donors (Lipinski definition) is 2. The third-order valence-electron chi connectivity index (χ3n) is 5.97. The van der Waals surface area contributed by atoms with E-state index in [-0.39, 0.29) is 6.54 Å². The zero-order chi connectivity index (χ0) is 22.3. The average molecular weight is 423 g/mol. The summed E-state index contributed by atoms with van der Waals surface area (Å²) in [5.74, 6) is -0.890. The van der Waals surface area contributed by atoms with E-state index in [4.69, 9.17) is 0 Å². The summed E-state index contributed by atoms with van der Waals surface area (Å²) in [6, 6.07) is 26.2. The molecule has 1 aliphatic rings. The van der Waals surface area contributed by atoms with Gasteiger partial charge in [0.1, 0.15) is 12.1 Å². The van der Waals surface area contributed by atoms with Gasteiger partial charge < -0.3 is 10.6 Å². The lowest BCUT2D eigenvalue weighted by Crippen LogP contribution is -2.42. The van der Waals surface area contributed by atoms with E-state index in [0.717, 1.165) is 26.4 Å². The van der Waals surface area contributed by atoms with Crippen LogP contribution in [0.5, 0.6) is 0 Å². The molecule has 4 aromatic rings. The fourth-order valence-corrected chi connectivity index (χ4v) is 4.20. The summed E-state index contributed by atoms with van der Waals surface area (Å²) >= 11 is 0. The molecule has 0 spiro atoms. The Kier molecular flexibility index (Phi) is 4.63. The average Bonchev–Trinajstić information content (AvgIpc) is 3.03. The first-order valence-corrected chi connectivity index (χ1v) is 10.4. The fraction of sp³-hybridized carbons (Fsp3) is 0.115. The van der Waals surface area contributed by atoms with E-state index in [1.165, 1.54) is 0 Å². The summed E-state index contributed by atoms with van der Waals surface area (Å²) in [5, 5.41) is 9.50. The molecule has 4 amide bonds. The van der Waals surface area contributed by atoms with E-state index in [1.807, 2.05) is 78.9 Å². The van der Waals surface area contributed by atoms with Crippen LogP contribution in [0.2, 0.25) is 0 Å². The molecule has 1 heterocycles. The van der Waals surface area contributed by atoms with Gasteiger partial charge in [-0.3, -0.25) is 14.5 Å². The largest absolute Gasteiger partial charge is 0.325 e. The van der Waals surface area contributed by atoms with Crippen molar-refractivity contribution in [1.82, 2.24) is 10.2 Å². The highest BCUT2D eigenvalue weighted by molar-refractivity contribution is 6.11. The number of rotatable bonds is 4. The number of urea groups is 1. The van der Waals surface area contributed by atoms with Crippen molar-refractivity contribution in [2.45, 2.75) is 12.5 Å². The van der Waals surface area contributed by atoms with Gasteiger partial charge in [0.2, 0.25) is 5.91 Å². The van der Waals surface area contributed by atoms with Gasteiger partial charge in [-0.2, -0.15) is 0 Å². The lowest BCUT2D eigenvalue weighted by atomic mass is 9.90. The molecule has 1 fully saturated rings. The van der Waals surface area contributed by atoms with E-state index in [0.29, 0.717) is 11.3 Å². The van der Waals surface area contributed by atoms with E-state index in [1.54, 1.807) is 13.0 Å². The highest BCUT2D eigenvalue weighted by atomic mass is 16.2. The van der Waals surface area contributed by atoms with Gasteiger partial charge in [0.25, 0.3) is 5.91 Å². The Labute approximate surface area is 184 Å². The summed E-state index contributed by atoms with van der Waals surface area (Å²) in [7, 11) is 0. The summed E-state index contributed by atoms with van der Waals surface area (Å²) in [6.45, 7) is 1.30. The number of nitrogens with one attached hydrogen (secondary N) is 2. The molecule has 1 aliphatic heterocycles. The SMILES string of the molecule is C[C@]1(c2ccc3ccccc3c2)NC(=O)N(CC(=O)Nc2cccc3ccccc23)C1=O. The molecule has 0 bridgehead atoms. The number of anilines is 1. The zero-order valence-corrected chi connectivity index (χ0v) is 17.5. The Morgan fingerprint density at radius 3 is 2.38 bits per heavy atom. The highest BCUT2D eigenvalue weighted by Gasteiger charge is 2.49. The molecule has 4 aromatic carbocycles. The van der Waals surface area contributed by atoms with Crippen molar-refractivity contribution in [2.75, 3.05) is 11.9 Å². The predicted molar refractivity (Wildman–Crippen MR) is 124 cm³/mol. The molecule has 5 rings (SSSR count).